The highest BCUT2D eigenvalue weighted by atomic mass is 35.5. The molecule has 0 amide bonds. The Bertz CT molecular complexity index is 476. The molecule has 0 atom stereocenters. The summed E-state index contributed by atoms with van der Waals surface area (Å²) in [6.07, 6.45) is -1.91. The zero-order chi connectivity index (χ0) is 10.3. The third-order valence-corrected chi connectivity index (χ3v) is 1.92. The molecule has 0 aliphatic heterocycles. The van der Waals surface area contributed by atoms with Crippen LogP contribution >= 0.6 is 11.6 Å². The average molecular weight is 222 g/mol. The van der Waals surface area contributed by atoms with Crippen molar-refractivity contribution in [2.75, 3.05) is 0 Å². The Hall–Kier alpha value is -1.30. The Morgan fingerprint density at radius 1 is 1.36 bits per heavy atom. The molecule has 2 aromatic heterocycles. The molecule has 0 N–H and O–H groups in total. The number of hydrogen-bond acceptors (Lipinski definition) is 2. The quantitative estimate of drug-likeness (QED) is 0.640. The summed E-state index contributed by atoms with van der Waals surface area (Å²) < 4.78 is 38.0. The van der Waals surface area contributed by atoms with Crippen molar-refractivity contribution in [3.63, 3.8) is 0 Å². The van der Waals surface area contributed by atoms with Crippen LogP contribution < -0.4 is 0 Å². The van der Waals surface area contributed by atoms with Crippen LogP contribution in [-0.2, 0) is 6.18 Å². The van der Waals surface area contributed by atoms with E-state index in [9.17, 15) is 13.2 Å². The van der Waals surface area contributed by atoms with E-state index in [-0.39, 0.29) is 10.8 Å². The van der Waals surface area contributed by atoms with Gasteiger partial charge in [-0.2, -0.15) is 13.2 Å². The van der Waals surface area contributed by atoms with E-state index >= 15 is 0 Å². The normalized spacial score (nSPS) is 12.3. The first-order chi connectivity index (χ1) is 6.48. The van der Waals surface area contributed by atoms with E-state index in [1.54, 1.807) is 0 Å². The van der Waals surface area contributed by atoms with Crippen LogP contribution in [0.25, 0.3) is 5.52 Å². The summed E-state index contributed by atoms with van der Waals surface area (Å²) in [5.41, 5.74) is -0.757. The fourth-order valence-corrected chi connectivity index (χ4v) is 1.27. The van der Waals surface area contributed by atoms with Gasteiger partial charge in [-0.15, -0.1) is 0 Å². The minimum Gasteiger partial charge on any atom is -0.274 e. The third-order valence-electron chi connectivity index (χ3n) is 1.65. The van der Waals surface area contributed by atoms with Gasteiger partial charge in [-0.1, -0.05) is 0 Å². The molecule has 2 heterocycles. The largest absolute Gasteiger partial charge is 0.433 e. The SMILES string of the molecule is FC(F)(F)c1cc2cncn2c(Cl)n1. The van der Waals surface area contributed by atoms with Crippen LogP contribution in [0.5, 0.6) is 0 Å². The van der Waals surface area contributed by atoms with E-state index in [1.165, 1.54) is 16.9 Å². The summed E-state index contributed by atoms with van der Waals surface area (Å²) in [7, 11) is 0. The molecule has 0 aromatic carbocycles. The zero-order valence-corrected chi connectivity index (χ0v) is 7.34. The minimum absolute atomic E-state index is 0.257. The van der Waals surface area contributed by atoms with Crippen molar-refractivity contribution in [3.8, 4) is 0 Å². The highest BCUT2D eigenvalue weighted by molar-refractivity contribution is 6.28. The van der Waals surface area contributed by atoms with Crippen molar-refractivity contribution in [1.29, 1.82) is 0 Å². The molecule has 2 rings (SSSR count). The van der Waals surface area contributed by atoms with Crippen LogP contribution in [0.15, 0.2) is 18.6 Å². The Labute approximate surface area is 81.2 Å². The number of imidazole rings is 1. The zero-order valence-electron chi connectivity index (χ0n) is 6.59. The van der Waals surface area contributed by atoms with Gasteiger partial charge in [0.1, 0.15) is 12.0 Å². The monoisotopic (exact) mass is 221 g/mol. The third kappa shape index (κ3) is 1.41. The van der Waals surface area contributed by atoms with Crippen molar-refractivity contribution in [1.82, 2.24) is 14.4 Å². The van der Waals surface area contributed by atoms with Crippen LogP contribution in [0, 0.1) is 0 Å². The second-order valence-corrected chi connectivity index (χ2v) is 2.93. The lowest BCUT2D eigenvalue weighted by molar-refractivity contribution is -0.141. The van der Waals surface area contributed by atoms with Crippen molar-refractivity contribution < 1.29 is 13.2 Å². The van der Waals surface area contributed by atoms with Crippen molar-refractivity contribution >= 4 is 17.1 Å². The molecule has 0 aliphatic carbocycles. The van der Waals surface area contributed by atoms with E-state index in [0.717, 1.165) is 6.07 Å². The molecular formula is C7H3ClF3N3. The number of halogens is 4. The van der Waals surface area contributed by atoms with Crippen LogP contribution in [0.3, 0.4) is 0 Å². The molecule has 0 spiro atoms. The molecular weight excluding hydrogens is 219 g/mol. The fourth-order valence-electron chi connectivity index (χ4n) is 1.04. The first kappa shape index (κ1) is 9.26. The smallest absolute Gasteiger partial charge is 0.274 e. The van der Waals surface area contributed by atoms with Gasteiger partial charge in [-0.25, -0.2) is 9.97 Å². The predicted molar refractivity (Wildman–Crippen MR) is 43.0 cm³/mol. The molecule has 0 unspecified atom stereocenters. The van der Waals surface area contributed by atoms with E-state index in [2.05, 4.69) is 9.97 Å². The highest BCUT2D eigenvalue weighted by Crippen LogP contribution is 2.29. The lowest BCUT2D eigenvalue weighted by Gasteiger charge is -2.06. The van der Waals surface area contributed by atoms with E-state index < -0.39 is 11.9 Å². The molecule has 0 fully saturated rings. The standard InChI is InChI=1S/C7H3ClF3N3/c8-6-13-5(7(9,10)11)1-4-2-12-3-14(4)6/h1-3H. The van der Waals surface area contributed by atoms with Gasteiger partial charge >= 0.3 is 6.18 Å². The highest BCUT2D eigenvalue weighted by Gasteiger charge is 2.33. The number of nitrogens with zero attached hydrogens (tertiary/aromatic N) is 3. The van der Waals surface area contributed by atoms with Gasteiger partial charge in [0.25, 0.3) is 0 Å². The Morgan fingerprint density at radius 3 is 2.71 bits per heavy atom. The van der Waals surface area contributed by atoms with Gasteiger partial charge in [-0.3, -0.25) is 4.40 Å². The lowest BCUT2D eigenvalue weighted by Crippen LogP contribution is -2.09. The van der Waals surface area contributed by atoms with Crippen LogP contribution in [0.1, 0.15) is 5.69 Å². The average Bonchev–Trinajstić information content (AvgIpc) is 2.50. The first-order valence-corrected chi connectivity index (χ1v) is 3.92. The van der Waals surface area contributed by atoms with E-state index in [4.69, 9.17) is 11.6 Å². The minimum atomic E-state index is -4.49. The molecule has 0 saturated heterocycles. The molecule has 74 valence electrons. The summed E-state index contributed by atoms with van der Waals surface area (Å²) in [5.74, 6) is 0. The molecule has 0 bridgehead atoms. The molecule has 0 saturated carbocycles. The number of fused-ring (bicyclic) bond motifs is 1. The van der Waals surface area contributed by atoms with Crippen molar-refractivity contribution in [3.05, 3.63) is 29.6 Å². The fraction of sp³-hybridized carbons (Fsp3) is 0.143. The number of alkyl halides is 3. The predicted octanol–water partition coefficient (Wildman–Crippen LogP) is 2.40. The van der Waals surface area contributed by atoms with Crippen molar-refractivity contribution in [2.24, 2.45) is 0 Å². The Morgan fingerprint density at radius 2 is 2.07 bits per heavy atom. The maximum absolute atomic E-state index is 12.3. The molecule has 0 aliphatic rings. The van der Waals surface area contributed by atoms with Gasteiger partial charge in [0, 0.05) is 0 Å². The second kappa shape index (κ2) is 2.84. The number of hydrogen-bond donors (Lipinski definition) is 0. The van der Waals surface area contributed by atoms with Gasteiger partial charge in [0.15, 0.2) is 0 Å². The van der Waals surface area contributed by atoms with Crippen LogP contribution in [0.4, 0.5) is 13.2 Å². The molecule has 7 heteroatoms. The topological polar surface area (TPSA) is 30.2 Å². The number of rotatable bonds is 0. The summed E-state index contributed by atoms with van der Waals surface area (Å²) in [6, 6.07) is 0.888. The number of aromatic nitrogens is 3. The molecule has 3 nitrogen and oxygen atoms in total. The second-order valence-electron chi connectivity index (χ2n) is 2.60. The van der Waals surface area contributed by atoms with E-state index in [0.29, 0.717) is 0 Å². The van der Waals surface area contributed by atoms with Crippen LogP contribution in [0.2, 0.25) is 5.28 Å². The summed E-state index contributed by atoms with van der Waals surface area (Å²) >= 11 is 5.52. The maximum Gasteiger partial charge on any atom is 0.433 e. The molecule has 14 heavy (non-hydrogen) atoms. The molecule has 0 radical (unpaired) electrons. The van der Waals surface area contributed by atoms with Crippen molar-refractivity contribution in [2.45, 2.75) is 6.18 Å². The first-order valence-electron chi connectivity index (χ1n) is 3.54. The van der Waals surface area contributed by atoms with Gasteiger partial charge in [-0.05, 0) is 17.7 Å². The Kier molecular flexibility index (Phi) is 1.88. The Balaban J connectivity index is 2.70. The van der Waals surface area contributed by atoms with Gasteiger partial charge in [0.2, 0.25) is 5.28 Å². The summed E-state index contributed by atoms with van der Waals surface area (Å²) in [4.78, 5) is 6.86. The molecule has 2 aromatic rings. The van der Waals surface area contributed by atoms with Gasteiger partial charge < -0.3 is 0 Å². The summed E-state index contributed by atoms with van der Waals surface area (Å²) in [5, 5.41) is -0.257. The maximum atomic E-state index is 12.3. The van der Waals surface area contributed by atoms with E-state index in [1.807, 2.05) is 0 Å². The van der Waals surface area contributed by atoms with Crippen LogP contribution in [-0.4, -0.2) is 14.4 Å². The van der Waals surface area contributed by atoms with Gasteiger partial charge in [0.05, 0.1) is 11.7 Å². The lowest BCUT2D eigenvalue weighted by atomic mass is 10.3. The summed E-state index contributed by atoms with van der Waals surface area (Å²) in [6.45, 7) is 0.